The van der Waals surface area contributed by atoms with Gasteiger partial charge in [-0.2, -0.15) is 0 Å². The van der Waals surface area contributed by atoms with Gasteiger partial charge < -0.3 is 10.1 Å². The highest BCUT2D eigenvalue weighted by molar-refractivity contribution is 5.85. The summed E-state index contributed by atoms with van der Waals surface area (Å²) in [6.45, 7) is 6.87. The van der Waals surface area contributed by atoms with Crippen molar-refractivity contribution in [3.8, 4) is 5.75 Å². The van der Waals surface area contributed by atoms with Gasteiger partial charge in [0.05, 0.1) is 6.04 Å². The summed E-state index contributed by atoms with van der Waals surface area (Å²) in [5, 5.41) is 3.20. The zero-order valence-corrected chi connectivity index (χ0v) is 12.5. The number of nitrogens with one attached hydrogen (secondary N) is 1. The highest BCUT2D eigenvalue weighted by Crippen LogP contribution is 2.30. The van der Waals surface area contributed by atoms with Crippen LogP contribution in [0.15, 0.2) is 30.9 Å². The lowest BCUT2D eigenvalue weighted by Gasteiger charge is -2.33. The summed E-state index contributed by atoms with van der Waals surface area (Å²) >= 11 is 0. The smallest absolute Gasteiger partial charge is 0.403 e. The van der Waals surface area contributed by atoms with Crippen LogP contribution in [-0.2, 0) is 0 Å². The second-order valence-corrected chi connectivity index (χ2v) is 4.70. The Kier molecular flexibility index (Phi) is 6.65. The number of nitrogens with zero attached hydrogens (tertiary/aromatic N) is 1. The summed E-state index contributed by atoms with van der Waals surface area (Å²) in [4.78, 5) is 2.09. The molecule has 2 rings (SSSR count). The van der Waals surface area contributed by atoms with Gasteiger partial charge in [-0.05, 0) is 17.7 Å². The van der Waals surface area contributed by atoms with Crippen molar-refractivity contribution in [2.24, 2.45) is 0 Å². The Morgan fingerprint density at radius 3 is 2.41 bits per heavy atom. The van der Waals surface area contributed by atoms with Gasteiger partial charge in [-0.1, -0.05) is 12.1 Å². The quantitative estimate of drug-likeness (QED) is 0.672. The van der Waals surface area contributed by atoms with E-state index in [9.17, 15) is 17.6 Å². The zero-order valence-electron chi connectivity index (χ0n) is 11.7. The van der Waals surface area contributed by atoms with Gasteiger partial charge in [0.1, 0.15) is 0 Å². The van der Waals surface area contributed by atoms with E-state index in [1.165, 1.54) is 6.07 Å². The number of benzene rings is 1. The van der Waals surface area contributed by atoms with Crippen LogP contribution in [0.2, 0.25) is 0 Å². The Balaban J connectivity index is 0.00000242. The Morgan fingerprint density at radius 1 is 1.27 bits per heavy atom. The standard InChI is InChI=1S/C14H16F4N2O.ClH/c1-2-12(20-7-5-19-6-8-20)10-3-4-13(11(15)9-10)21-14(16,17)18;/h2-4,9,12,19H,1,5-8H2;1H/t12-;/m1./s1. The fourth-order valence-electron chi connectivity index (χ4n) is 2.36. The predicted molar refractivity (Wildman–Crippen MR) is 77.7 cm³/mol. The molecule has 1 N–H and O–H groups in total. The number of piperazine rings is 1. The first-order valence-corrected chi connectivity index (χ1v) is 6.53. The number of ether oxygens (including phenoxy) is 1. The minimum Gasteiger partial charge on any atom is -0.403 e. The average molecular weight is 341 g/mol. The van der Waals surface area contributed by atoms with Gasteiger partial charge in [0.2, 0.25) is 0 Å². The molecule has 22 heavy (non-hydrogen) atoms. The first kappa shape index (κ1) is 18.7. The van der Waals surface area contributed by atoms with Gasteiger partial charge in [-0.25, -0.2) is 4.39 Å². The molecule has 1 aromatic rings. The van der Waals surface area contributed by atoms with Gasteiger partial charge in [0.15, 0.2) is 11.6 Å². The van der Waals surface area contributed by atoms with Crippen LogP contribution in [0.25, 0.3) is 0 Å². The molecule has 1 atom stereocenters. The molecule has 1 saturated heterocycles. The van der Waals surface area contributed by atoms with Crippen LogP contribution >= 0.6 is 12.4 Å². The Morgan fingerprint density at radius 2 is 1.91 bits per heavy atom. The molecule has 0 amide bonds. The summed E-state index contributed by atoms with van der Waals surface area (Å²) in [6.07, 6.45) is -3.25. The van der Waals surface area contributed by atoms with Crippen molar-refractivity contribution in [1.82, 2.24) is 10.2 Å². The molecule has 3 nitrogen and oxygen atoms in total. The first-order chi connectivity index (χ1) is 9.90. The lowest BCUT2D eigenvalue weighted by atomic mass is 10.0. The maximum Gasteiger partial charge on any atom is 0.573 e. The molecule has 0 radical (unpaired) electrons. The summed E-state index contributed by atoms with van der Waals surface area (Å²) in [5.41, 5.74) is 0.555. The van der Waals surface area contributed by atoms with Gasteiger partial charge in [0, 0.05) is 26.2 Å². The third kappa shape index (κ3) is 4.86. The second kappa shape index (κ2) is 7.80. The minimum atomic E-state index is -4.90. The van der Waals surface area contributed by atoms with Crippen LogP contribution in [-0.4, -0.2) is 37.4 Å². The van der Waals surface area contributed by atoms with Crippen LogP contribution in [0.4, 0.5) is 17.6 Å². The molecule has 0 unspecified atom stereocenters. The van der Waals surface area contributed by atoms with Gasteiger partial charge in [0.25, 0.3) is 0 Å². The first-order valence-electron chi connectivity index (χ1n) is 6.53. The van der Waals surface area contributed by atoms with Crippen molar-refractivity contribution in [3.05, 3.63) is 42.2 Å². The van der Waals surface area contributed by atoms with Crippen LogP contribution < -0.4 is 10.1 Å². The monoisotopic (exact) mass is 340 g/mol. The van der Waals surface area contributed by atoms with Crippen LogP contribution in [0.3, 0.4) is 0 Å². The molecule has 0 spiro atoms. The summed E-state index contributed by atoms with van der Waals surface area (Å²) in [7, 11) is 0. The predicted octanol–water partition coefficient (Wildman–Crippen LogP) is 3.28. The van der Waals surface area contributed by atoms with E-state index >= 15 is 0 Å². The number of hydrogen-bond acceptors (Lipinski definition) is 3. The highest BCUT2D eigenvalue weighted by Gasteiger charge is 2.32. The molecule has 0 aliphatic carbocycles. The minimum absolute atomic E-state index is 0. The van der Waals surface area contributed by atoms with E-state index in [0.717, 1.165) is 38.3 Å². The van der Waals surface area contributed by atoms with Crippen molar-refractivity contribution in [2.75, 3.05) is 26.2 Å². The SMILES string of the molecule is C=C[C@H](c1ccc(OC(F)(F)F)c(F)c1)N1CCNCC1.Cl. The number of rotatable bonds is 4. The molecular formula is C14H17ClF4N2O. The number of halogens is 5. The maximum atomic E-state index is 13.8. The molecule has 0 bridgehead atoms. The van der Waals surface area contributed by atoms with E-state index in [-0.39, 0.29) is 18.4 Å². The lowest BCUT2D eigenvalue weighted by Crippen LogP contribution is -2.44. The molecule has 1 aliphatic rings. The van der Waals surface area contributed by atoms with E-state index in [0.29, 0.717) is 5.56 Å². The van der Waals surface area contributed by atoms with Gasteiger partial charge >= 0.3 is 6.36 Å². The largest absolute Gasteiger partial charge is 0.573 e. The van der Waals surface area contributed by atoms with Crippen molar-refractivity contribution in [3.63, 3.8) is 0 Å². The van der Waals surface area contributed by atoms with Crippen molar-refractivity contribution in [1.29, 1.82) is 0 Å². The van der Waals surface area contributed by atoms with Gasteiger partial charge in [-0.15, -0.1) is 32.2 Å². The maximum absolute atomic E-state index is 13.8. The topological polar surface area (TPSA) is 24.5 Å². The molecule has 1 heterocycles. The average Bonchev–Trinajstić information content (AvgIpc) is 2.42. The molecule has 124 valence electrons. The van der Waals surface area contributed by atoms with E-state index < -0.39 is 17.9 Å². The summed E-state index contributed by atoms with van der Waals surface area (Å²) in [5.74, 6) is -1.86. The molecule has 1 aliphatic heterocycles. The normalized spacial score (nSPS) is 17.5. The fraction of sp³-hybridized carbons (Fsp3) is 0.429. The van der Waals surface area contributed by atoms with E-state index in [1.807, 2.05) is 0 Å². The van der Waals surface area contributed by atoms with Crippen LogP contribution in [0.5, 0.6) is 5.75 Å². The Labute approximate surface area is 132 Å². The van der Waals surface area contributed by atoms with E-state index in [1.54, 1.807) is 6.08 Å². The third-order valence-corrected chi connectivity index (χ3v) is 3.29. The highest BCUT2D eigenvalue weighted by atomic mass is 35.5. The van der Waals surface area contributed by atoms with Crippen molar-refractivity contribution >= 4 is 12.4 Å². The number of alkyl halides is 3. The fourth-order valence-corrected chi connectivity index (χ4v) is 2.36. The van der Waals surface area contributed by atoms with E-state index in [2.05, 4.69) is 21.5 Å². The molecule has 0 aromatic heterocycles. The van der Waals surface area contributed by atoms with Gasteiger partial charge in [-0.3, -0.25) is 4.90 Å². The third-order valence-electron chi connectivity index (χ3n) is 3.29. The van der Waals surface area contributed by atoms with Crippen molar-refractivity contribution < 1.29 is 22.3 Å². The van der Waals surface area contributed by atoms with E-state index in [4.69, 9.17) is 0 Å². The Bertz CT molecular complexity index is 504. The second-order valence-electron chi connectivity index (χ2n) is 4.70. The molecule has 1 fully saturated rings. The molecule has 0 saturated carbocycles. The molecule has 8 heteroatoms. The lowest BCUT2D eigenvalue weighted by molar-refractivity contribution is -0.275. The van der Waals surface area contributed by atoms with Crippen molar-refractivity contribution in [2.45, 2.75) is 12.4 Å². The summed E-state index contributed by atoms with van der Waals surface area (Å²) in [6, 6.07) is 3.26. The zero-order chi connectivity index (χ0) is 15.5. The summed E-state index contributed by atoms with van der Waals surface area (Å²) < 4.78 is 53.7. The molecular weight excluding hydrogens is 324 g/mol. The van der Waals surface area contributed by atoms with Crippen LogP contribution in [0, 0.1) is 5.82 Å². The number of hydrogen-bond donors (Lipinski definition) is 1. The Hall–Kier alpha value is -1.31. The molecule has 1 aromatic carbocycles. The van der Waals surface area contributed by atoms with Crippen LogP contribution in [0.1, 0.15) is 11.6 Å².